The molecule has 0 aliphatic carbocycles. The maximum absolute atomic E-state index is 13.0. The van der Waals surface area contributed by atoms with Crippen LogP contribution in [-0.2, 0) is 12.8 Å². The lowest BCUT2D eigenvalue weighted by Gasteiger charge is -2.06. The highest BCUT2D eigenvalue weighted by Crippen LogP contribution is 2.29. The molecular weight excluding hydrogens is 241 g/mol. The smallest absolute Gasteiger partial charge is 0.133 e. The van der Waals surface area contributed by atoms with Crippen LogP contribution >= 0.6 is 0 Å². The van der Waals surface area contributed by atoms with Gasteiger partial charge in [-0.15, -0.1) is 0 Å². The van der Waals surface area contributed by atoms with Crippen molar-refractivity contribution in [3.8, 4) is 5.69 Å². The molecule has 1 aliphatic heterocycles. The van der Waals surface area contributed by atoms with E-state index in [9.17, 15) is 4.39 Å². The lowest BCUT2D eigenvalue weighted by molar-refractivity contribution is 0.627. The molecule has 0 unspecified atom stereocenters. The van der Waals surface area contributed by atoms with Crippen molar-refractivity contribution in [1.82, 2.24) is 9.78 Å². The van der Waals surface area contributed by atoms with Gasteiger partial charge in [0, 0.05) is 12.1 Å². The van der Waals surface area contributed by atoms with Gasteiger partial charge in [-0.2, -0.15) is 5.10 Å². The number of aryl methyl sites for hydroxylation is 1. The van der Waals surface area contributed by atoms with Gasteiger partial charge in [-0.25, -0.2) is 9.07 Å². The molecule has 4 heteroatoms. The van der Waals surface area contributed by atoms with Crippen molar-refractivity contribution in [3.63, 3.8) is 0 Å². The Morgan fingerprint density at radius 3 is 2.84 bits per heavy atom. The second-order valence-corrected chi connectivity index (χ2v) is 4.94. The second-order valence-electron chi connectivity index (χ2n) is 4.94. The molecule has 0 atom stereocenters. The molecule has 0 amide bonds. The zero-order valence-corrected chi connectivity index (χ0v) is 11.1. The third kappa shape index (κ3) is 2.23. The van der Waals surface area contributed by atoms with Crippen molar-refractivity contribution in [3.05, 3.63) is 41.3 Å². The number of rotatable bonds is 4. The quantitative estimate of drug-likeness (QED) is 0.912. The molecule has 1 aromatic carbocycles. The SMILES string of the molecule is CCCCc1nn(-c2ccc(F)cc2)c2c1CCN2. The van der Waals surface area contributed by atoms with Gasteiger partial charge in [0.05, 0.1) is 11.4 Å². The Kier molecular flexibility index (Phi) is 3.23. The number of hydrogen-bond acceptors (Lipinski definition) is 2. The molecule has 100 valence electrons. The molecule has 3 rings (SSSR count). The summed E-state index contributed by atoms with van der Waals surface area (Å²) in [4.78, 5) is 0. The lowest BCUT2D eigenvalue weighted by Crippen LogP contribution is -2.05. The number of aromatic nitrogens is 2. The first kappa shape index (κ1) is 12.2. The van der Waals surface area contributed by atoms with Crippen LogP contribution in [-0.4, -0.2) is 16.3 Å². The van der Waals surface area contributed by atoms with Crippen molar-refractivity contribution in [2.75, 3.05) is 11.9 Å². The zero-order chi connectivity index (χ0) is 13.2. The molecule has 19 heavy (non-hydrogen) atoms. The number of nitrogens with one attached hydrogen (secondary N) is 1. The van der Waals surface area contributed by atoms with E-state index < -0.39 is 0 Å². The monoisotopic (exact) mass is 259 g/mol. The molecule has 2 heterocycles. The molecule has 0 fully saturated rings. The predicted molar refractivity (Wildman–Crippen MR) is 74.3 cm³/mol. The van der Waals surface area contributed by atoms with Gasteiger partial charge in [0.25, 0.3) is 0 Å². The Labute approximate surface area is 112 Å². The molecular formula is C15H18FN3. The molecule has 3 nitrogen and oxygen atoms in total. The van der Waals surface area contributed by atoms with E-state index in [4.69, 9.17) is 5.10 Å². The summed E-state index contributed by atoms with van der Waals surface area (Å²) in [5.74, 6) is 0.865. The number of unbranched alkanes of at least 4 members (excludes halogenated alkanes) is 1. The van der Waals surface area contributed by atoms with E-state index in [0.29, 0.717) is 0 Å². The minimum atomic E-state index is -0.216. The zero-order valence-electron chi connectivity index (χ0n) is 11.1. The third-order valence-electron chi connectivity index (χ3n) is 3.57. The molecule has 0 radical (unpaired) electrons. The predicted octanol–water partition coefficient (Wildman–Crippen LogP) is 3.32. The second kappa shape index (κ2) is 5.03. The fraction of sp³-hybridized carbons (Fsp3) is 0.400. The number of anilines is 1. The van der Waals surface area contributed by atoms with Crippen LogP contribution in [0.25, 0.3) is 5.69 Å². The maximum Gasteiger partial charge on any atom is 0.133 e. The number of benzene rings is 1. The van der Waals surface area contributed by atoms with Gasteiger partial charge < -0.3 is 5.32 Å². The van der Waals surface area contributed by atoms with Gasteiger partial charge in [-0.1, -0.05) is 13.3 Å². The average molecular weight is 259 g/mol. The van der Waals surface area contributed by atoms with E-state index in [1.807, 2.05) is 4.68 Å². The summed E-state index contributed by atoms with van der Waals surface area (Å²) < 4.78 is 14.9. The Balaban J connectivity index is 1.99. The van der Waals surface area contributed by atoms with E-state index in [-0.39, 0.29) is 5.82 Å². The van der Waals surface area contributed by atoms with Crippen molar-refractivity contribution in [2.45, 2.75) is 32.6 Å². The minimum Gasteiger partial charge on any atom is -0.369 e. The van der Waals surface area contributed by atoms with Crippen LogP contribution in [0.15, 0.2) is 24.3 Å². The van der Waals surface area contributed by atoms with E-state index >= 15 is 0 Å². The van der Waals surface area contributed by atoms with Crippen LogP contribution < -0.4 is 5.32 Å². The van der Waals surface area contributed by atoms with E-state index in [1.54, 1.807) is 12.1 Å². The van der Waals surface area contributed by atoms with Gasteiger partial charge >= 0.3 is 0 Å². The molecule has 0 saturated heterocycles. The average Bonchev–Trinajstić information content (AvgIpc) is 3.00. The number of nitrogens with zero attached hydrogens (tertiary/aromatic N) is 2. The Morgan fingerprint density at radius 2 is 2.11 bits per heavy atom. The van der Waals surface area contributed by atoms with Crippen LogP contribution in [0, 0.1) is 5.82 Å². The Hall–Kier alpha value is -1.84. The Bertz CT molecular complexity index is 572. The highest BCUT2D eigenvalue weighted by Gasteiger charge is 2.22. The molecule has 0 bridgehead atoms. The van der Waals surface area contributed by atoms with Gasteiger partial charge in [0.2, 0.25) is 0 Å². The van der Waals surface area contributed by atoms with Crippen molar-refractivity contribution in [2.24, 2.45) is 0 Å². The van der Waals surface area contributed by atoms with Gasteiger partial charge in [0.1, 0.15) is 11.6 Å². The molecule has 0 spiro atoms. The van der Waals surface area contributed by atoms with Crippen LogP contribution in [0.3, 0.4) is 0 Å². The lowest BCUT2D eigenvalue weighted by atomic mass is 10.1. The topological polar surface area (TPSA) is 29.9 Å². The molecule has 1 N–H and O–H groups in total. The molecule has 2 aromatic rings. The summed E-state index contributed by atoms with van der Waals surface area (Å²) in [6, 6.07) is 6.49. The molecule has 0 saturated carbocycles. The molecule has 1 aliphatic rings. The summed E-state index contributed by atoms with van der Waals surface area (Å²) in [7, 11) is 0. The Morgan fingerprint density at radius 1 is 1.32 bits per heavy atom. The maximum atomic E-state index is 13.0. The summed E-state index contributed by atoms with van der Waals surface area (Å²) in [5, 5.41) is 8.09. The highest BCUT2D eigenvalue weighted by atomic mass is 19.1. The first-order valence-electron chi connectivity index (χ1n) is 6.90. The first-order chi connectivity index (χ1) is 9.29. The van der Waals surface area contributed by atoms with E-state index in [2.05, 4.69) is 12.2 Å². The third-order valence-corrected chi connectivity index (χ3v) is 3.57. The normalized spacial score (nSPS) is 13.4. The minimum absolute atomic E-state index is 0.216. The fourth-order valence-corrected chi connectivity index (χ4v) is 2.56. The number of fused-ring (bicyclic) bond motifs is 1. The van der Waals surface area contributed by atoms with Crippen LogP contribution in [0.4, 0.5) is 10.2 Å². The van der Waals surface area contributed by atoms with Crippen LogP contribution in [0.5, 0.6) is 0 Å². The summed E-state index contributed by atoms with van der Waals surface area (Å²) in [5.41, 5.74) is 3.43. The fourth-order valence-electron chi connectivity index (χ4n) is 2.56. The summed E-state index contributed by atoms with van der Waals surface area (Å²) >= 11 is 0. The van der Waals surface area contributed by atoms with Crippen LogP contribution in [0.1, 0.15) is 31.0 Å². The molecule has 1 aromatic heterocycles. The van der Waals surface area contributed by atoms with E-state index in [1.165, 1.54) is 29.8 Å². The summed E-state index contributed by atoms with van der Waals surface area (Å²) in [6.07, 6.45) is 4.39. The number of halogens is 1. The van der Waals surface area contributed by atoms with Crippen molar-refractivity contribution >= 4 is 5.82 Å². The van der Waals surface area contributed by atoms with Gasteiger partial charge in [-0.05, 0) is 43.5 Å². The highest BCUT2D eigenvalue weighted by molar-refractivity contribution is 5.57. The van der Waals surface area contributed by atoms with Crippen molar-refractivity contribution < 1.29 is 4.39 Å². The van der Waals surface area contributed by atoms with Crippen molar-refractivity contribution in [1.29, 1.82) is 0 Å². The first-order valence-corrected chi connectivity index (χ1v) is 6.90. The van der Waals surface area contributed by atoms with E-state index in [0.717, 1.165) is 37.3 Å². The number of hydrogen-bond donors (Lipinski definition) is 1. The summed E-state index contributed by atoms with van der Waals surface area (Å²) in [6.45, 7) is 3.16. The van der Waals surface area contributed by atoms with Gasteiger partial charge in [-0.3, -0.25) is 0 Å². The van der Waals surface area contributed by atoms with Gasteiger partial charge in [0.15, 0.2) is 0 Å². The largest absolute Gasteiger partial charge is 0.369 e. The standard InChI is InChI=1S/C15H18FN3/c1-2-3-4-14-13-9-10-17-15(13)19(18-14)12-7-5-11(16)6-8-12/h5-8,17H,2-4,9-10H2,1H3. The van der Waals surface area contributed by atoms with Crippen LogP contribution in [0.2, 0.25) is 0 Å².